The minimum Gasteiger partial charge on any atom is -0.315 e. The number of nitrogens with zero attached hydrogens (tertiary/aromatic N) is 2. The number of rotatable bonds is 5. The molecule has 5 fully saturated rings. The lowest BCUT2D eigenvalue weighted by atomic mass is 9.56. The van der Waals surface area contributed by atoms with Crippen LogP contribution in [0.2, 0.25) is 0 Å². The number of hydrogen-bond acceptors (Lipinski definition) is 4. The van der Waals surface area contributed by atoms with E-state index in [2.05, 4.69) is 55.8 Å². The molecule has 4 unspecified atom stereocenters. The minimum atomic E-state index is 0.419. The Bertz CT molecular complexity index is 398. The second kappa shape index (κ2) is 5.98. The lowest BCUT2D eigenvalue weighted by Crippen LogP contribution is -2.60. The molecule has 6 heteroatoms. The van der Waals surface area contributed by atoms with Gasteiger partial charge in [0.25, 0.3) is 0 Å². The van der Waals surface area contributed by atoms with E-state index in [9.17, 15) is 0 Å². The normalized spacial score (nSPS) is 51.7. The molecule has 0 aromatic rings. The molecule has 0 aromatic carbocycles. The number of halogens is 2. The molecule has 0 radical (unpaired) electrons. The van der Waals surface area contributed by atoms with Crippen molar-refractivity contribution in [2.24, 2.45) is 22.7 Å². The predicted octanol–water partition coefficient (Wildman–Crippen LogP) is 2.75. The first kappa shape index (κ1) is 15.8. The zero-order chi connectivity index (χ0) is 14.5. The zero-order valence-electron chi connectivity index (χ0n) is 12.4. The van der Waals surface area contributed by atoms with Gasteiger partial charge in [0, 0.05) is 30.5 Å². The van der Waals surface area contributed by atoms with Gasteiger partial charge in [-0.3, -0.25) is 0 Å². The van der Waals surface area contributed by atoms with Gasteiger partial charge >= 0.3 is 0 Å². The second-order valence-corrected chi connectivity index (χ2v) is 8.98. The van der Waals surface area contributed by atoms with Crippen molar-refractivity contribution in [3.8, 4) is 0 Å². The maximum Gasteiger partial charge on any atom is 0.109 e. The smallest absolute Gasteiger partial charge is 0.109 e. The van der Waals surface area contributed by atoms with Crippen LogP contribution in [0.5, 0.6) is 0 Å². The highest BCUT2D eigenvalue weighted by atomic mass is 127. The number of piperidine rings is 4. The van der Waals surface area contributed by atoms with E-state index in [1.165, 1.54) is 58.5 Å². The lowest BCUT2D eigenvalue weighted by molar-refractivity contribution is -0.101. The van der Waals surface area contributed by atoms with Crippen molar-refractivity contribution in [2.45, 2.75) is 19.3 Å². The molecule has 0 amide bonds. The molecule has 4 atom stereocenters. The van der Waals surface area contributed by atoms with Gasteiger partial charge in [0.2, 0.25) is 0 Å². The summed E-state index contributed by atoms with van der Waals surface area (Å²) >= 11 is 4.21. The average molecular weight is 518 g/mol. The van der Waals surface area contributed by atoms with Gasteiger partial charge in [0.1, 0.15) is 46.0 Å². The average Bonchev–Trinajstić information content (AvgIpc) is 3.06. The van der Waals surface area contributed by atoms with E-state index in [-0.39, 0.29) is 0 Å². The van der Waals surface area contributed by atoms with Crippen LogP contribution in [0.25, 0.3) is 0 Å². The van der Waals surface area contributed by atoms with Crippen LogP contribution in [0.4, 0.5) is 0 Å². The summed E-state index contributed by atoms with van der Waals surface area (Å²) in [6.45, 7) is 9.58. The molecular formula is C15H24I2N2O2. The van der Waals surface area contributed by atoms with Crippen molar-refractivity contribution in [3.05, 3.63) is 0 Å². The van der Waals surface area contributed by atoms with Crippen LogP contribution < -0.4 is 0 Å². The van der Waals surface area contributed by atoms with E-state index < -0.39 is 0 Å². The van der Waals surface area contributed by atoms with Gasteiger partial charge in [-0.25, -0.2) is 0 Å². The Morgan fingerprint density at radius 2 is 1.33 bits per heavy atom. The van der Waals surface area contributed by atoms with Crippen LogP contribution in [0.1, 0.15) is 19.3 Å². The first-order valence-corrected chi connectivity index (χ1v) is 9.89. The maximum absolute atomic E-state index is 5.67. The first-order chi connectivity index (χ1) is 10.2. The Kier molecular flexibility index (Phi) is 4.50. The summed E-state index contributed by atoms with van der Waals surface area (Å²) in [5, 5.41) is 0. The summed E-state index contributed by atoms with van der Waals surface area (Å²) in [5.74, 6) is 1.60. The Morgan fingerprint density at radius 3 is 2.00 bits per heavy atom. The molecule has 0 aromatic heterocycles. The fraction of sp³-hybridized carbons (Fsp3) is 1.00. The molecule has 5 heterocycles. The molecular weight excluding hydrogens is 494 g/mol. The second-order valence-electron chi connectivity index (χ2n) is 7.73. The van der Waals surface area contributed by atoms with Crippen LogP contribution in [-0.2, 0) is 6.13 Å². The van der Waals surface area contributed by atoms with E-state index >= 15 is 0 Å². The molecule has 4 nitrogen and oxygen atoms in total. The third kappa shape index (κ3) is 2.50. The minimum absolute atomic E-state index is 0.419. The summed E-state index contributed by atoms with van der Waals surface area (Å²) in [6.07, 6.45) is 4.00. The lowest BCUT2D eigenvalue weighted by Gasteiger charge is -2.57. The number of fused-ring (bicyclic) bond motifs is 5. The van der Waals surface area contributed by atoms with Gasteiger partial charge in [-0.05, 0) is 50.7 Å². The summed E-state index contributed by atoms with van der Waals surface area (Å²) in [5.41, 5.74) is 0.854. The van der Waals surface area contributed by atoms with E-state index in [0.717, 1.165) is 25.0 Å². The van der Waals surface area contributed by atoms with E-state index in [1.807, 2.05) is 0 Å². The molecule has 4 bridgehead atoms. The molecule has 0 saturated carbocycles. The van der Waals surface area contributed by atoms with Crippen molar-refractivity contribution in [1.29, 1.82) is 0 Å². The highest BCUT2D eigenvalue weighted by Gasteiger charge is 2.60. The molecule has 120 valence electrons. The van der Waals surface area contributed by atoms with Crippen LogP contribution in [0.15, 0.2) is 0 Å². The third-order valence-electron chi connectivity index (χ3n) is 6.97. The first-order valence-electron chi connectivity index (χ1n) is 8.13. The Balaban J connectivity index is 1.62. The summed E-state index contributed by atoms with van der Waals surface area (Å²) < 4.78 is 11.3. The predicted molar refractivity (Wildman–Crippen MR) is 98.5 cm³/mol. The monoisotopic (exact) mass is 518 g/mol. The maximum atomic E-state index is 5.67. The van der Waals surface area contributed by atoms with Gasteiger partial charge in [0.15, 0.2) is 0 Å². The van der Waals surface area contributed by atoms with Crippen molar-refractivity contribution < 1.29 is 6.13 Å². The fourth-order valence-corrected chi connectivity index (χ4v) is 6.98. The molecule has 0 spiro atoms. The van der Waals surface area contributed by atoms with Crippen molar-refractivity contribution in [2.75, 3.05) is 52.5 Å². The van der Waals surface area contributed by atoms with E-state index in [4.69, 9.17) is 6.13 Å². The van der Waals surface area contributed by atoms with Gasteiger partial charge in [-0.2, -0.15) is 0 Å². The summed E-state index contributed by atoms with van der Waals surface area (Å²) in [6, 6.07) is 0. The molecule has 5 aliphatic rings. The number of hydrogen-bond donors (Lipinski definition) is 0. The third-order valence-corrected chi connectivity index (χ3v) is 7.59. The highest BCUT2D eigenvalue weighted by Crippen LogP contribution is 2.57. The molecule has 0 N–H and O–H groups in total. The van der Waals surface area contributed by atoms with Crippen LogP contribution in [0.3, 0.4) is 0 Å². The molecule has 5 saturated heterocycles. The Hall–Kier alpha value is 1.30. The van der Waals surface area contributed by atoms with E-state index in [1.54, 1.807) is 0 Å². The van der Waals surface area contributed by atoms with E-state index in [0.29, 0.717) is 10.8 Å². The Labute approximate surface area is 155 Å². The van der Waals surface area contributed by atoms with Crippen LogP contribution in [0, 0.1) is 22.7 Å². The molecule has 21 heavy (non-hydrogen) atoms. The van der Waals surface area contributed by atoms with Crippen LogP contribution in [-0.4, -0.2) is 62.3 Å². The summed E-state index contributed by atoms with van der Waals surface area (Å²) in [7, 11) is 0. The largest absolute Gasteiger partial charge is 0.315 e. The van der Waals surface area contributed by atoms with Gasteiger partial charge in [0.05, 0.1) is 13.2 Å². The Morgan fingerprint density at radius 1 is 0.810 bits per heavy atom. The fourth-order valence-electron chi connectivity index (χ4n) is 5.74. The van der Waals surface area contributed by atoms with Crippen LogP contribution >= 0.6 is 46.0 Å². The summed E-state index contributed by atoms with van der Waals surface area (Å²) in [4.78, 5) is 5.37. The molecule has 5 aliphatic heterocycles. The molecule has 5 rings (SSSR count). The van der Waals surface area contributed by atoms with Gasteiger partial charge in [-0.1, -0.05) is 0 Å². The van der Waals surface area contributed by atoms with Crippen molar-refractivity contribution >= 4 is 46.0 Å². The van der Waals surface area contributed by atoms with Crippen molar-refractivity contribution in [3.63, 3.8) is 0 Å². The van der Waals surface area contributed by atoms with Gasteiger partial charge in [-0.15, -0.1) is 0 Å². The topological polar surface area (TPSA) is 24.9 Å². The quantitative estimate of drug-likeness (QED) is 0.524. The standard InChI is InChI=1S/C15H24I2N2O2/c16-20-10-14-1-4-18(5-2-14)7-12(14)13-8-19-6-3-15(13,9-19)11-21-17/h12-13H,1-11H2. The SMILES string of the molecule is IOCC12CCN(CC1)CC2C1CN2CCC1(COI)C2. The van der Waals surface area contributed by atoms with Crippen molar-refractivity contribution in [1.82, 2.24) is 9.80 Å². The molecule has 0 aliphatic carbocycles. The van der Waals surface area contributed by atoms with Gasteiger partial charge < -0.3 is 15.9 Å². The highest BCUT2D eigenvalue weighted by molar-refractivity contribution is 14.1. The zero-order valence-corrected chi connectivity index (χ0v) is 16.7.